The first-order chi connectivity index (χ1) is 14.0. The van der Waals surface area contributed by atoms with Gasteiger partial charge in [-0.15, -0.1) is 0 Å². The molecule has 2 amide bonds. The summed E-state index contributed by atoms with van der Waals surface area (Å²) in [6.45, 7) is 1.40. The zero-order chi connectivity index (χ0) is 21.2. The second kappa shape index (κ2) is 11.3. The lowest BCUT2D eigenvalue weighted by molar-refractivity contribution is -0.128. The first kappa shape index (κ1) is 22.6. The lowest BCUT2D eigenvalue weighted by Crippen LogP contribution is -2.62. The third-order valence-electron chi connectivity index (χ3n) is 4.35. The second-order valence-electron chi connectivity index (χ2n) is 6.62. The number of hydrogen-bond donors (Lipinski definition) is 5. The van der Waals surface area contributed by atoms with E-state index in [1.807, 2.05) is 6.92 Å². The van der Waals surface area contributed by atoms with Crippen molar-refractivity contribution in [3.05, 3.63) is 30.3 Å². The average molecular weight is 409 g/mol. The predicted molar refractivity (Wildman–Crippen MR) is 104 cm³/mol. The quantitative estimate of drug-likeness (QED) is 0.241. The Morgan fingerprint density at radius 3 is 2.55 bits per heavy atom. The Bertz CT molecular complexity index is 698. The van der Waals surface area contributed by atoms with Gasteiger partial charge in [-0.1, -0.05) is 38.0 Å². The zero-order valence-electron chi connectivity index (χ0n) is 16.2. The highest BCUT2D eigenvalue weighted by Crippen LogP contribution is 2.18. The predicted octanol–water partition coefficient (Wildman–Crippen LogP) is 0.727. The molecule has 1 saturated heterocycles. The molecule has 1 aliphatic rings. The molecule has 29 heavy (non-hydrogen) atoms. The van der Waals surface area contributed by atoms with Gasteiger partial charge >= 0.3 is 6.09 Å². The van der Waals surface area contributed by atoms with Crippen molar-refractivity contribution in [2.24, 2.45) is 5.16 Å². The molecule has 0 aliphatic carbocycles. The van der Waals surface area contributed by atoms with Crippen LogP contribution < -0.4 is 10.6 Å². The van der Waals surface area contributed by atoms with Crippen LogP contribution in [0.25, 0.3) is 0 Å². The number of rotatable bonds is 8. The van der Waals surface area contributed by atoms with Crippen LogP contribution in [0.2, 0.25) is 0 Å². The minimum absolute atomic E-state index is 0.221. The molecule has 0 saturated carbocycles. The summed E-state index contributed by atoms with van der Waals surface area (Å²) < 4.78 is 5.33. The van der Waals surface area contributed by atoms with Gasteiger partial charge in [0.1, 0.15) is 18.2 Å². The van der Waals surface area contributed by atoms with Crippen LogP contribution in [0, 0.1) is 0 Å². The van der Waals surface area contributed by atoms with Crippen LogP contribution in [0.5, 0.6) is 0 Å². The monoisotopic (exact) mass is 409 g/mol. The average Bonchev–Trinajstić information content (AvgIpc) is 2.72. The highest BCUT2D eigenvalue weighted by molar-refractivity contribution is 5.90. The number of oxime groups is 1. The van der Waals surface area contributed by atoms with Crippen LogP contribution in [0.3, 0.4) is 0 Å². The van der Waals surface area contributed by atoms with Gasteiger partial charge in [0.25, 0.3) is 5.90 Å². The summed E-state index contributed by atoms with van der Waals surface area (Å²) in [5.41, 5.74) is 0.478. The van der Waals surface area contributed by atoms with E-state index in [0.29, 0.717) is 12.1 Å². The number of aliphatic hydroxyl groups excluding tert-OH is 3. The smallest absolute Gasteiger partial charge is 0.437 e. The SMILES string of the molecule is CCCCCC(=O)N[C@H]1/C(=N/OC(=O)Nc2ccccc2)O[C@H](CO)[C@@H](O)[C@@H]1O. The number of ether oxygens (including phenoxy) is 1. The van der Waals surface area contributed by atoms with Crippen molar-refractivity contribution < 1.29 is 34.5 Å². The first-order valence-electron chi connectivity index (χ1n) is 9.50. The minimum atomic E-state index is -1.50. The van der Waals surface area contributed by atoms with Gasteiger partial charge in [-0.25, -0.2) is 4.79 Å². The third kappa shape index (κ3) is 6.70. The number of amides is 2. The van der Waals surface area contributed by atoms with E-state index in [1.54, 1.807) is 30.3 Å². The number of carbonyl (C=O) groups excluding carboxylic acids is 2. The molecule has 0 spiro atoms. The highest BCUT2D eigenvalue weighted by atomic mass is 16.7. The van der Waals surface area contributed by atoms with Crippen LogP contribution in [0.15, 0.2) is 35.5 Å². The van der Waals surface area contributed by atoms with Gasteiger partial charge in [0.15, 0.2) is 6.10 Å². The number of nitrogens with one attached hydrogen (secondary N) is 2. The fourth-order valence-electron chi connectivity index (χ4n) is 2.76. The molecular weight excluding hydrogens is 382 g/mol. The summed E-state index contributed by atoms with van der Waals surface area (Å²) in [7, 11) is 0. The highest BCUT2D eigenvalue weighted by Gasteiger charge is 2.44. The molecule has 5 N–H and O–H groups in total. The van der Waals surface area contributed by atoms with Crippen molar-refractivity contribution in [1.82, 2.24) is 5.32 Å². The molecule has 10 nitrogen and oxygen atoms in total. The van der Waals surface area contributed by atoms with Crippen LogP contribution in [0.1, 0.15) is 32.6 Å². The van der Waals surface area contributed by atoms with Crippen molar-refractivity contribution in [2.45, 2.75) is 57.0 Å². The van der Waals surface area contributed by atoms with Crippen LogP contribution >= 0.6 is 0 Å². The van der Waals surface area contributed by atoms with Crippen molar-refractivity contribution in [3.8, 4) is 0 Å². The van der Waals surface area contributed by atoms with Crippen molar-refractivity contribution >= 4 is 23.6 Å². The largest absolute Gasteiger partial charge is 0.468 e. The molecule has 2 rings (SSSR count). The van der Waals surface area contributed by atoms with Gasteiger partial charge in [-0.3, -0.25) is 14.9 Å². The molecule has 160 valence electrons. The number of aliphatic hydroxyl groups is 3. The fourth-order valence-corrected chi connectivity index (χ4v) is 2.76. The molecule has 1 fully saturated rings. The molecule has 1 aliphatic heterocycles. The van der Waals surface area contributed by atoms with Gasteiger partial charge < -0.3 is 25.4 Å². The number of benzene rings is 1. The molecule has 0 aromatic heterocycles. The Kier molecular flexibility index (Phi) is 8.84. The van der Waals surface area contributed by atoms with E-state index in [-0.39, 0.29) is 18.2 Å². The van der Waals surface area contributed by atoms with E-state index in [9.17, 15) is 24.9 Å². The van der Waals surface area contributed by atoms with E-state index in [1.165, 1.54) is 0 Å². The Morgan fingerprint density at radius 2 is 1.90 bits per heavy atom. The number of anilines is 1. The number of nitrogens with zero attached hydrogens (tertiary/aromatic N) is 1. The number of unbranched alkanes of at least 4 members (excludes halogenated alkanes) is 2. The third-order valence-corrected chi connectivity index (χ3v) is 4.35. The van der Waals surface area contributed by atoms with E-state index < -0.39 is 37.1 Å². The van der Waals surface area contributed by atoms with E-state index in [2.05, 4.69) is 15.8 Å². The van der Waals surface area contributed by atoms with Crippen molar-refractivity contribution in [1.29, 1.82) is 0 Å². The van der Waals surface area contributed by atoms with Crippen molar-refractivity contribution in [3.63, 3.8) is 0 Å². The fraction of sp³-hybridized carbons (Fsp3) is 0.526. The Balaban J connectivity index is 2.06. The summed E-state index contributed by atoms with van der Waals surface area (Å²) in [6, 6.07) is 7.28. The summed E-state index contributed by atoms with van der Waals surface area (Å²) in [5, 5.41) is 38.3. The van der Waals surface area contributed by atoms with E-state index in [0.717, 1.165) is 12.8 Å². The second-order valence-corrected chi connectivity index (χ2v) is 6.62. The molecule has 0 unspecified atom stereocenters. The van der Waals surface area contributed by atoms with Gasteiger partial charge in [0, 0.05) is 12.1 Å². The number of carbonyl (C=O) groups is 2. The van der Waals surface area contributed by atoms with E-state index >= 15 is 0 Å². The molecule has 4 atom stereocenters. The maximum atomic E-state index is 12.1. The molecule has 0 radical (unpaired) electrons. The normalized spacial score (nSPS) is 25.2. The minimum Gasteiger partial charge on any atom is -0.468 e. The lowest BCUT2D eigenvalue weighted by Gasteiger charge is -2.37. The molecule has 0 bridgehead atoms. The van der Waals surface area contributed by atoms with Gasteiger partial charge in [0.05, 0.1) is 6.61 Å². The van der Waals surface area contributed by atoms with Crippen LogP contribution in [0.4, 0.5) is 10.5 Å². The lowest BCUT2D eigenvalue weighted by atomic mass is 9.97. The van der Waals surface area contributed by atoms with Crippen molar-refractivity contribution in [2.75, 3.05) is 11.9 Å². The summed E-state index contributed by atoms with van der Waals surface area (Å²) in [4.78, 5) is 28.8. The summed E-state index contributed by atoms with van der Waals surface area (Å²) >= 11 is 0. The molecule has 1 heterocycles. The van der Waals surface area contributed by atoms with Crippen LogP contribution in [-0.2, 0) is 14.4 Å². The summed E-state index contributed by atoms with van der Waals surface area (Å²) in [5.74, 6) is -0.698. The Hall–Kier alpha value is -2.69. The Morgan fingerprint density at radius 1 is 1.17 bits per heavy atom. The number of hydrogen-bond acceptors (Lipinski definition) is 8. The molecule has 1 aromatic carbocycles. The van der Waals surface area contributed by atoms with E-state index in [4.69, 9.17) is 9.57 Å². The standard InChI is InChI=1S/C19H27N3O7/c1-2-3-5-10-14(24)21-15-17(26)16(25)13(11-23)28-18(15)22-29-19(27)20-12-8-6-4-7-9-12/h4,6-9,13,15-17,23,25-26H,2-3,5,10-11H2,1H3,(H,20,27)(H,21,24)/b22-18-/t13-,15-,16-,17-/m1/s1. The zero-order valence-corrected chi connectivity index (χ0v) is 16.2. The maximum Gasteiger partial charge on any atom is 0.437 e. The molecule has 10 heteroatoms. The first-order valence-corrected chi connectivity index (χ1v) is 9.50. The summed E-state index contributed by atoms with van der Waals surface area (Å²) in [6.07, 6.45) is -2.37. The topological polar surface area (TPSA) is 150 Å². The molecule has 1 aromatic rings. The Labute approximate surface area is 168 Å². The maximum absolute atomic E-state index is 12.1. The van der Waals surface area contributed by atoms with Crippen LogP contribution in [-0.4, -0.2) is 64.2 Å². The molecular formula is C19H27N3O7. The van der Waals surface area contributed by atoms with Gasteiger partial charge in [0.2, 0.25) is 5.91 Å². The van der Waals surface area contributed by atoms with Gasteiger partial charge in [-0.05, 0) is 23.7 Å². The van der Waals surface area contributed by atoms with Gasteiger partial charge in [-0.2, -0.15) is 0 Å². The number of para-hydroxylation sites is 1.